The van der Waals surface area contributed by atoms with Crippen molar-refractivity contribution in [1.29, 1.82) is 0 Å². The normalized spacial score (nSPS) is 12.2. The number of rotatable bonds is 13. The highest BCUT2D eigenvalue weighted by molar-refractivity contribution is 6.35. The molecule has 30 heteroatoms. The first-order valence-electron chi connectivity index (χ1n) is 45.0. The lowest BCUT2D eigenvalue weighted by Gasteiger charge is -2.16. The fourth-order valence-electron chi connectivity index (χ4n) is 17.8. The molecule has 0 bridgehead atoms. The summed E-state index contributed by atoms with van der Waals surface area (Å²) >= 11 is 0. The van der Waals surface area contributed by atoms with Crippen LogP contribution in [0.4, 0.5) is 21.9 Å². The van der Waals surface area contributed by atoms with Crippen molar-refractivity contribution in [2.24, 2.45) is 0 Å². The quantitative estimate of drug-likeness (QED) is 0.0799. The number of aryl methyl sites for hydroxylation is 4. The molecule has 13 heterocycles. The van der Waals surface area contributed by atoms with Gasteiger partial charge < -0.3 is 63.6 Å². The summed E-state index contributed by atoms with van der Waals surface area (Å²) in [6.07, 6.45) is 5.52. The lowest BCUT2D eigenvalue weighted by Crippen LogP contribution is -2.29. The highest BCUT2D eigenvalue weighted by Gasteiger charge is 2.38. The lowest BCUT2D eigenvalue weighted by molar-refractivity contribution is 0.0925. The molecule has 143 heavy (non-hydrogen) atoms. The van der Waals surface area contributed by atoms with E-state index in [1.165, 1.54) is 0 Å². The number of urea groups is 1. The van der Waals surface area contributed by atoms with E-state index in [9.17, 15) is 14.4 Å². The summed E-state index contributed by atoms with van der Waals surface area (Å²) < 4.78 is 74.3. The molecule has 0 saturated heterocycles. The maximum absolute atomic E-state index is 14.4. The molecule has 0 fully saturated rings. The van der Waals surface area contributed by atoms with E-state index in [0.29, 0.717) is 231 Å². The van der Waals surface area contributed by atoms with Crippen molar-refractivity contribution in [1.82, 2.24) is 59.8 Å². The molecule has 0 spiro atoms. The Bertz CT molecular complexity index is 9910. The van der Waals surface area contributed by atoms with Crippen LogP contribution in [0.5, 0.6) is 0 Å². The number of benzene rings is 15. The molecule has 0 saturated carbocycles. The first-order valence-corrected chi connectivity index (χ1v) is 45.0. The summed E-state index contributed by atoms with van der Waals surface area (Å²) in [5.41, 5.74) is 26.0. The highest BCUT2D eigenvalue weighted by Crippen LogP contribution is 2.44. The second-order valence-corrected chi connectivity index (χ2v) is 34.5. The molecule has 0 atom stereocenters. The molecule has 30 nitrogen and oxygen atoms in total. The minimum atomic E-state index is -0.516. The Labute approximate surface area is 802 Å². The Balaban J connectivity index is 0.000000143. The fraction of sp³-hybridized carbons (Fsp3) is 0.0354. The molecule has 15 aromatic carbocycles. The predicted octanol–water partition coefficient (Wildman–Crippen LogP) is 26.8. The van der Waals surface area contributed by atoms with Crippen LogP contribution < -0.4 is 15.5 Å². The van der Waals surface area contributed by atoms with E-state index in [1.54, 1.807) is 135 Å². The van der Waals surface area contributed by atoms with Crippen molar-refractivity contribution < 1.29 is 67.4 Å². The van der Waals surface area contributed by atoms with Crippen LogP contribution in [0, 0.1) is 51.9 Å². The zero-order valence-electron chi connectivity index (χ0n) is 75.1. The van der Waals surface area contributed by atoms with Crippen molar-refractivity contribution in [2.45, 2.75) is 27.7 Å². The van der Waals surface area contributed by atoms with Gasteiger partial charge in [0.1, 0.15) is 66.2 Å². The Morgan fingerprint density at radius 2 is 0.531 bits per heavy atom. The molecular weight excluding hydrogens is 1810 g/mol. The van der Waals surface area contributed by atoms with Crippen molar-refractivity contribution in [2.75, 3.05) is 15.5 Å². The molecule has 28 rings (SSSR count). The SMILES string of the molecule is C#Cc1ccc(NC(=O)Nc2cc(-c3nc4cc5oc(-c6cccc(C)c6)nc5cc4o3)cc(-c3nc4cc5oc(-c6cccc(-c7nc8cc9oc(C)nc9cc8o7)c6)nc5cc4o3)c2)cc1.Cc1cccc(-c2nc3cc4oc(-c5cc(-c6nc7cc8oc(-c9cccc(-c%10nc%11cc%12oc(C)nc%12cc%11o%10)c9)nc8cc7o6)cc(N6C(=O)c7ccc(C#Cc8ccccc8)cc7C6=O)c5)nc4cc3o2)c1. The molecule has 1 aliphatic rings. The van der Waals surface area contributed by atoms with Crippen LogP contribution >= 0.6 is 0 Å². The Morgan fingerprint density at radius 3 is 0.874 bits per heavy atom. The van der Waals surface area contributed by atoms with Crippen molar-refractivity contribution in [3.8, 4) is 139 Å². The van der Waals surface area contributed by atoms with E-state index >= 15 is 0 Å². The molecule has 2 N–H and O–H groups in total. The molecule has 678 valence electrons. The monoisotopic (exact) mass is 1870 g/mol. The standard InChI is InChI=1S/C60H31N7O8.C53H30N8O7/c1-30-8-6-11-34(18-30)54-62-44-26-52-46(28-50(44)71-54)65-57(74-52)37-21-38(23-39(22-37)67-59(68)40-17-16-33(19-41(40)60(67)69)15-14-32-9-4-3-5-10-32)58-66-47-29-51-45(27-53(47)75-58)64-56(73-51)36-13-7-12-35(20-36)55-63-43-25-48-42(24-49(43)72-55)61-31(2)70-48;1-4-28-11-13-34(14-12-28)55-53(62)56-35-18-32(51-60-40-24-44-38(22-46(40)67-51)57-48(64-44)29-8-5-7-26(2)15-29)17-33(19-35)52-61-41-25-45-39(23-47(41)68-52)59-50(66-45)31-10-6-9-30(16-31)49-58-37-21-42-36(20-43(37)65-49)54-27(3)63-42/h3-13,16-29H,1-2H3;1,5-25H,2-3H3,(H2,55,56,62). The van der Waals surface area contributed by atoms with E-state index < -0.39 is 17.8 Å². The molecule has 0 aliphatic carbocycles. The van der Waals surface area contributed by atoms with Gasteiger partial charge in [-0.1, -0.05) is 83.5 Å². The number of aromatic nitrogens is 12. The van der Waals surface area contributed by atoms with Crippen molar-refractivity contribution >= 4 is 168 Å². The third kappa shape index (κ3) is 14.9. The second-order valence-electron chi connectivity index (χ2n) is 34.5. The maximum Gasteiger partial charge on any atom is 0.323 e. The number of imide groups is 1. The van der Waals surface area contributed by atoms with Gasteiger partial charge in [0.2, 0.25) is 58.9 Å². The van der Waals surface area contributed by atoms with Gasteiger partial charge in [0, 0.05) is 170 Å². The van der Waals surface area contributed by atoms with Crippen LogP contribution in [0.15, 0.2) is 332 Å². The Morgan fingerprint density at radius 1 is 0.252 bits per heavy atom. The van der Waals surface area contributed by atoms with Gasteiger partial charge >= 0.3 is 6.03 Å². The Kier molecular flexibility index (Phi) is 18.4. The average Bonchev–Trinajstić information content (AvgIpc) is 1.63. The molecule has 0 unspecified atom stereocenters. The summed E-state index contributed by atoms with van der Waals surface area (Å²) in [7, 11) is 0. The molecule has 12 aromatic heterocycles. The van der Waals surface area contributed by atoms with Gasteiger partial charge in [0.15, 0.2) is 78.8 Å². The molecule has 4 amide bonds. The van der Waals surface area contributed by atoms with E-state index in [2.05, 4.69) is 38.4 Å². The number of hydrogen-bond acceptors (Lipinski definition) is 27. The van der Waals surface area contributed by atoms with Gasteiger partial charge in [0.25, 0.3) is 11.8 Å². The van der Waals surface area contributed by atoms with Gasteiger partial charge in [-0.2, -0.15) is 0 Å². The van der Waals surface area contributed by atoms with Crippen LogP contribution in [0.3, 0.4) is 0 Å². The minimum absolute atomic E-state index is 0.197. The summed E-state index contributed by atoms with van der Waals surface area (Å²) in [4.78, 5) is 100. The predicted molar refractivity (Wildman–Crippen MR) is 534 cm³/mol. The fourth-order valence-corrected chi connectivity index (χ4v) is 17.8. The number of amides is 4. The van der Waals surface area contributed by atoms with E-state index in [1.807, 2.05) is 172 Å². The van der Waals surface area contributed by atoms with E-state index in [4.69, 9.17) is 109 Å². The topological polar surface area (TPSA) is 391 Å². The van der Waals surface area contributed by atoms with Gasteiger partial charge in [-0.15, -0.1) is 6.42 Å². The first kappa shape index (κ1) is 82.0. The van der Waals surface area contributed by atoms with Gasteiger partial charge in [-0.3, -0.25) is 9.59 Å². The van der Waals surface area contributed by atoms with Crippen molar-refractivity contribution in [3.05, 3.63) is 330 Å². The van der Waals surface area contributed by atoms with Gasteiger partial charge in [-0.05, 0) is 166 Å². The maximum atomic E-state index is 14.4. The first-order chi connectivity index (χ1) is 69.8. The number of carbonyl (C=O) groups is 3. The second kappa shape index (κ2) is 32.1. The summed E-state index contributed by atoms with van der Waals surface area (Å²) in [5.74, 6) is 12.5. The number of nitrogens with one attached hydrogen (secondary N) is 2. The number of terminal acetylenes is 1. The van der Waals surface area contributed by atoms with Crippen LogP contribution in [-0.2, 0) is 0 Å². The smallest absolute Gasteiger partial charge is 0.323 e. The minimum Gasteiger partial charge on any atom is -0.441 e. The third-order valence-electron chi connectivity index (χ3n) is 24.5. The number of carbonyl (C=O) groups excluding carboxylic acids is 3. The van der Waals surface area contributed by atoms with Crippen LogP contribution in [0.2, 0.25) is 0 Å². The van der Waals surface area contributed by atoms with Crippen LogP contribution in [0.1, 0.15) is 60.3 Å². The lowest BCUT2D eigenvalue weighted by atomic mass is 10.1. The number of fused-ring (bicyclic) bond motifs is 13. The third-order valence-corrected chi connectivity index (χ3v) is 24.5. The number of oxazole rings is 12. The zero-order valence-corrected chi connectivity index (χ0v) is 75.1. The molecular formula is C113H61N15O15. The number of anilines is 3. The summed E-state index contributed by atoms with van der Waals surface area (Å²) in [6.45, 7) is 7.62. The number of hydrogen-bond donors (Lipinski definition) is 2. The van der Waals surface area contributed by atoms with E-state index in [-0.39, 0.29) is 40.4 Å². The highest BCUT2D eigenvalue weighted by atomic mass is 16.4. The summed E-state index contributed by atoms with van der Waals surface area (Å²) in [6, 6.07) is 84.0. The van der Waals surface area contributed by atoms with Crippen molar-refractivity contribution in [3.63, 3.8) is 0 Å². The van der Waals surface area contributed by atoms with E-state index in [0.717, 1.165) is 49.4 Å². The number of nitrogens with zero attached hydrogens (tertiary/aromatic N) is 13. The molecule has 1 aliphatic heterocycles. The van der Waals surface area contributed by atoms with Gasteiger partial charge in [-0.25, -0.2) is 69.5 Å². The molecule has 0 radical (unpaired) electrons. The van der Waals surface area contributed by atoms with Crippen LogP contribution in [-0.4, -0.2) is 77.7 Å². The largest absolute Gasteiger partial charge is 0.441 e. The molecule has 27 aromatic rings. The van der Waals surface area contributed by atoms with Gasteiger partial charge in [0.05, 0.1) is 16.8 Å². The Hall–Kier alpha value is -20.5. The average molecular weight is 1870 g/mol. The van der Waals surface area contributed by atoms with Crippen LogP contribution in [0.25, 0.3) is 248 Å². The summed E-state index contributed by atoms with van der Waals surface area (Å²) in [5, 5.41) is 5.78. The zero-order chi connectivity index (χ0) is 95.7.